The summed E-state index contributed by atoms with van der Waals surface area (Å²) < 4.78 is 15.7. The number of aryl methyl sites for hydroxylation is 1. The van der Waals surface area contributed by atoms with E-state index in [4.69, 9.17) is 4.98 Å². The summed E-state index contributed by atoms with van der Waals surface area (Å²) in [5.41, 5.74) is 3.89. The summed E-state index contributed by atoms with van der Waals surface area (Å²) >= 11 is 0. The molecular formula is C22H22FN7. The van der Waals surface area contributed by atoms with Crippen molar-refractivity contribution in [1.29, 1.82) is 0 Å². The molecule has 0 unspecified atom stereocenters. The molecule has 0 spiro atoms. The first-order valence-corrected chi connectivity index (χ1v) is 10.0. The summed E-state index contributed by atoms with van der Waals surface area (Å²) in [6.07, 6.45) is 8.84. The third kappa shape index (κ3) is 3.19. The molecule has 3 aromatic heterocycles. The first-order valence-electron chi connectivity index (χ1n) is 10.0. The zero-order chi connectivity index (χ0) is 20.6. The van der Waals surface area contributed by atoms with Crippen molar-refractivity contribution in [3.05, 3.63) is 72.3 Å². The molecular weight excluding hydrogens is 381 g/mol. The number of anilines is 1. The number of aromatic nitrogens is 5. The molecule has 0 aliphatic carbocycles. The normalized spacial score (nSPS) is 15.9. The van der Waals surface area contributed by atoms with E-state index in [1.165, 1.54) is 12.1 Å². The second-order valence-electron chi connectivity index (χ2n) is 7.55. The molecule has 8 heteroatoms. The van der Waals surface area contributed by atoms with Crippen LogP contribution in [0.3, 0.4) is 0 Å². The minimum Gasteiger partial charge on any atom is -0.343 e. The summed E-state index contributed by atoms with van der Waals surface area (Å²) in [6.45, 7) is 3.64. The smallest absolute Gasteiger partial charge is 0.223 e. The molecule has 1 fully saturated rings. The summed E-state index contributed by atoms with van der Waals surface area (Å²) in [4.78, 5) is 18.2. The van der Waals surface area contributed by atoms with Crippen LogP contribution in [0.4, 0.5) is 10.3 Å². The van der Waals surface area contributed by atoms with E-state index in [1.807, 2.05) is 13.1 Å². The Hall–Kier alpha value is -3.39. The van der Waals surface area contributed by atoms with Crippen LogP contribution in [0.1, 0.15) is 24.2 Å². The number of hydrogen-bond donors (Lipinski definition) is 2. The number of halogens is 1. The summed E-state index contributed by atoms with van der Waals surface area (Å²) in [6, 6.07) is 8.29. The maximum atomic E-state index is 13.6. The molecule has 4 heterocycles. The van der Waals surface area contributed by atoms with E-state index in [1.54, 1.807) is 36.8 Å². The first kappa shape index (κ1) is 18.6. The van der Waals surface area contributed by atoms with Gasteiger partial charge in [0, 0.05) is 30.4 Å². The van der Waals surface area contributed by atoms with Gasteiger partial charge in [-0.15, -0.1) is 0 Å². The number of rotatable bonds is 4. The van der Waals surface area contributed by atoms with Crippen molar-refractivity contribution in [2.45, 2.75) is 25.3 Å². The predicted molar refractivity (Wildman–Crippen MR) is 113 cm³/mol. The predicted octanol–water partition coefficient (Wildman–Crippen LogP) is 3.32. The summed E-state index contributed by atoms with van der Waals surface area (Å²) in [7, 11) is 0. The van der Waals surface area contributed by atoms with Crippen LogP contribution < -0.4 is 10.6 Å². The van der Waals surface area contributed by atoms with E-state index in [9.17, 15) is 4.39 Å². The van der Waals surface area contributed by atoms with Gasteiger partial charge >= 0.3 is 0 Å². The average Bonchev–Trinajstić information content (AvgIpc) is 3.17. The Morgan fingerprint density at radius 3 is 2.50 bits per heavy atom. The number of benzene rings is 1. The summed E-state index contributed by atoms with van der Waals surface area (Å²) in [5, 5.41) is 7.05. The molecule has 0 bridgehead atoms. The third-order valence-corrected chi connectivity index (χ3v) is 5.66. The van der Waals surface area contributed by atoms with Crippen molar-refractivity contribution in [2.75, 3.05) is 18.4 Å². The molecule has 1 saturated heterocycles. The van der Waals surface area contributed by atoms with Crippen molar-refractivity contribution in [2.24, 2.45) is 0 Å². The van der Waals surface area contributed by atoms with Crippen LogP contribution in [0.15, 0.2) is 55.1 Å². The lowest BCUT2D eigenvalue weighted by Crippen LogP contribution is -2.46. The molecule has 30 heavy (non-hydrogen) atoms. The number of nitrogens with zero attached hydrogens (tertiary/aromatic N) is 5. The van der Waals surface area contributed by atoms with Gasteiger partial charge in [-0.2, -0.15) is 0 Å². The number of fused-ring (bicyclic) bond motifs is 1. The molecule has 1 aliphatic heterocycles. The monoisotopic (exact) mass is 403 g/mol. The van der Waals surface area contributed by atoms with Gasteiger partial charge in [0.05, 0.1) is 22.6 Å². The molecule has 2 N–H and O–H groups in total. The molecule has 0 amide bonds. The standard InChI is InChI=1S/C22H22FN7/c1-15-20-28-18(16-3-5-17(23)6-4-16)19(30(20)14-13-25-15)22(7-11-24-12-8-22)29-21-26-9-2-10-27-21/h2-6,9-10,13-14,24H,7-8,11-12H2,1H3,(H,26,27,29). The van der Waals surface area contributed by atoms with Gasteiger partial charge in [-0.3, -0.25) is 9.38 Å². The van der Waals surface area contributed by atoms with Crippen LogP contribution in [0, 0.1) is 12.7 Å². The van der Waals surface area contributed by atoms with E-state index < -0.39 is 5.54 Å². The lowest BCUT2D eigenvalue weighted by atomic mass is 9.83. The van der Waals surface area contributed by atoms with Crippen molar-refractivity contribution in [1.82, 2.24) is 29.7 Å². The lowest BCUT2D eigenvalue weighted by molar-refractivity contribution is 0.336. The summed E-state index contributed by atoms with van der Waals surface area (Å²) in [5.74, 6) is 0.305. The third-order valence-electron chi connectivity index (χ3n) is 5.66. The SMILES string of the molecule is Cc1nccn2c(C3(Nc4ncccn4)CCNCC3)c(-c3ccc(F)cc3)nc12. The first-order chi connectivity index (χ1) is 14.7. The quantitative estimate of drug-likeness (QED) is 0.544. The molecule has 5 rings (SSSR count). The highest BCUT2D eigenvalue weighted by molar-refractivity contribution is 5.69. The molecule has 0 radical (unpaired) electrons. The topological polar surface area (TPSA) is 80.0 Å². The van der Waals surface area contributed by atoms with Crippen LogP contribution in [0.5, 0.6) is 0 Å². The highest BCUT2D eigenvalue weighted by atomic mass is 19.1. The molecule has 1 aliphatic rings. The van der Waals surface area contributed by atoms with Crippen molar-refractivity contribution >= 4 is 11.6 Å². The van der Waals surface area contributed by atoms with Crippen LogP contribution in [0.2, 0.25) is 0 Å². The van der Waals surface area contributed by atoms with Gasteiger partial charge in [0.15, 0.2) is 5.65 Å². The Balaban J connectivity index is 1.76. The van der Waals surface area contributed by atoms with Crippen LogP contribution >= 0.6 is 0 Å². The van der Waals surface area contributed by atoms with Crippen molar-refractivity contribution in [3.8, 4) is 11.3 Å². The van der Waals surface area contributed by atoms with Gasteiger partial charge in [-0.25, -0.2) is 19.3 Å². The fourth-order valence-electron chi connectivity index (χ4n) is 4.22. The second-order valence-corrected chi connectivity index (χ2v) is 7.55. The Morgan fingerprint density at radius 1 is 1.03 bits per heavy atom. The lowest BCUT2D eigenvalue weighted by Gasteiger charge is -2.39. The highest BCUT2D eigenvalue weighted by Gasteiger charge is 2.40. The Labute approximate surface area is 173 Å². The molecule has 152 valence electrons. The Kier molecular flexibility index (Phi) is 4.63. The number of hydrogen-bond acceptors (Lipinski definition) is 6. The fourth-order valence-corrected chi connectivity index (χ4v) is 4.22. The Bertz CT molecular complexity index is 1170. The maximum absolute atomic E-state index is 13.6. The number of piperidine rings is 1. The second kappa shape index (κ2) is 7.46. The fraction of sp³-hybridized carbons (Fsp3) is 0.273. The minimum absolute atomic E-state index is 0.269. The number of nitrogens with one attached hydrogen (secondary N) is 2. The van der Waals surface area contributed by atoms with Crippen LogP contribution in [0.25, 0.3) is 16.9 Å². The molecule has 0 saturated carbocycles. The molecule has 4 aromatic rings. The zero-order valence-electron chi connectivity index (χ0n) is 16.6. The molecule has 1 aromatic carbocycles. The molecule has 7 nitrogen and oxygen atoms in total. The van der Waals surface area contributed by atoms with E-state index in [0.29, 0.717) is 5.95 Å². The van der Waals surface area contributed by atoms with Crippen molar-refractivity contribution < 1.29 is 4.39 Å². The van der Waals surface area contributed by atoms with Crippen LogP contribution in [-0.2, 0) is 5.54 Å². The van der Waals surface area contributed by atoms with E-state index in [2.05, 4.69) is 30.0 Å². The highest BCUT2D eigenvalue weighted by Crippen LogP contribution is 2.40. The van der Waals surface area contributed by atoms with Gasteiger partial charge < -0.3 is 10.6 Å². The molecule has 0 atom stereocenters. The number of imidazole rings is 1. The average molecular weight is 403 g/mol. The van der Waals surface area contributed by atoms with Gasteiger partial charge in [0.1, 0.15) is 5.82 Å². The minimum atomic E-state index is -0.441. The van der Waals surface area contributed by atoms with Crippen LogP contribution in [-0.4, -0.2) is 37.4 Å². The Morgan fingerprint density at radius 2 is 1.77 bits per heavy atom. The van der Waals surface area contributed by atoms with Gasteiger partial charge in [-0.1, -0.05) is 0 Å². The van der Waals surface area contributed by atoms with E-state index in [0.717, 1.165) is 54.2 Å². The van der Waals surface area contributed by atoms with Gasteiger partial charge in [0.2, 0.25) is 5.95 Å². The largest absolute Gasteiger partial charge is 0.343 e. The van der Waals surface area contributed by atoms with Gasteiger partial charge in [-0.05, 0) is 63.2 Å². The zero-order valence-corrected chi connectivity index (χ0v) is 16.6. The maximum Gasteiger partial charge on any atom is 0.223 e. The van der Waals surface area contributed by atoms with E-state index in [-0.39, 0.29) is 5.82 Å². The van der Waals surface area contributed by atoms with E-state index >= 15 is 0 Å². The van der Waals surface area contributed by atoms with Crippen molar-refractivity contribution in [3.63, 3.8) is 0 Å². The van der Waals surface area contributed by atoms with Gasteiger partial charge in [0.25, 0.3) is 0 Å².